The quantitative estimate of drug-likeness (QED) is 0.572. The summed E-state index contributed by atoms with van der Waals surface area (Å²) in [6, 6.07) is 7.93. The van der Waals surface area contributed by atoms with Gasteiger partial charge in [-0.3, -0.25) is 0 Å². The summed E-state index contributed by atoms with van der Waals surface area (Å²) in [5, 5.41) is 0. The van der Waals surface area contributed by atoms with Crippen molar-refractivity contribution in [3.8, 4) is 5.75 Å². The van der Waals surface area contributed by atoms with E-state index in [-0.39, 0.29) is 21.4 Å². The Kier molecular flexibility index (Phi) is 6.97. The van der Waals surface area contributed by atoms with Crippen LogP contribution in [-0.2, 0) is 4.52 Å². The summed E-state index contributed by atoms with van der Waals surface area (Å²) >= 11 is 0. The molecule has 1 aromatic rings. The Morgan fingerprint density at radius 1 is 1.38 bits per heavy atom. The van der Waals surface area contributed by atoms with Gasteiger partial charge in [0.25, 0.3) is 0 Å². The minimum atomic E-state index is 0. The van der Waals surface area contributed by atoms with E-state index in [1.807, 2.05) is 38.1 Å². The first kappa shape index (κ1) is 12.7. The van der Waals surface area contributed by atoms with Crippen molar-refractivity contribution in [2.24, 2.45) is 0 Å². The van der Waals surface area contributed by atoms with Gasteiger partial charge >= 0.3 is 0 Å². The van der Waals surface area contributed by atoms with Gasteiger partial charge in [-0.05, 0) is 31.5 Å². The van der Waals surface area contributed by atoms with Crippen molar-refractivity contribution in [1.82, 2.24) is 0 Å². The van der Waals surface area contributed by atoms with Crippen molar-refractivity contribution in [3.63, 3.8) is 0 Å². The average molecular weight is 221 g/mol. The maximum atomic E-state index is 5.33. The van der Waals surface area contributed by atoms with Gasteiger partial charge in [-0.25, -0.2) is 0 Å². The van der Waals surface area contributed by atoms with Crippen molar-refractivity contribution < 1.29 is 9.05 Å². The molecule has 0 aliphatic heterocycles. The van der Waals surface area contributed by atoms with Crippen LogP contribution in [0.4, 0.5) is 0 Å². The standard InChI is InChI=1S/C9H13O2P.ClH/c1-3-10-12-11-9-6-4-5-8(2)7-9;/h4-7,12H,3H2,1-2H3;1H. The Morgan fingerprint density at radius 3 is 2.77 bits per heavy atom. The molecule has 0 bridgehead atoms. The molecule has 1 atom stereocenters. The third-order valence-electron chi connectivity index (χ3n) is 1.35. The molecule has 0 aliphatic rings. The maximum absolute atomic E-state index is 5.33. The highest BCUT2D eigenvalue weighted by Crippen LogP contribution is 2.21. The largest absolute Gasteiger partial charge is 0.450 e. The predicted octanol–water partition coefficient (Wildman–Crippen LogP) is 3.34. The molecule has 74 valence electrons. The summed E-state index contributed by atoms with van der Waals surface area (Å²) in [6.07, 6.45) is 0. The lowest BCUT2D eigenvalue weighted by Gasteiger charge is -2.04. The van der Waals surface area contributed by atoms with Crippen LogP contribution in [0.3, 0.4) is 0 Å². The Hall–Kier alpha value is -0.300. The van der Waals surface area contributed by atoms with Crippen LogP contribution in [0, 0.1) is 6.92 Å². The number of hydrogen-bond acceptors (Lipinski definition) is 2. The van der Waals surface area contributed by atoms with Crippen LogP contribution >= 0.6 is 21.4 Å². The molecule has 0 aromatic heterocycles. The van der Waals surface area contributed by atoms with E-state index in [0.29, 0.717) is 6.61 Å². The molecule has 0 amide bonds. The Morgan fingerprint density at radius 2 is 2.15 bits per heavy atom. The van der Waals surface area contributed by atoms with Gasteiger partial charge in [-0.2, -0.15) is 0 Å². The summed E-state index contributed by atoms with van der Waals surface area (Å²) < 4.78 is 10.4. The smallest absolute Gasteiger partial charge is 0.215 e. The van der Waals surface area contributed by atoms with Crippen LogP contribution < -0.4 is 4.52 Å². The van der Waals surface area contributed by atoms with E-state index in [9.17, 15) is 0 Å². The van der Waals surface area contributed by atoms with Gasteiger partial charge in [0.1, 0.15) is 5.75 Å². The van der Waals surface area contributed by atoms with E-state index in [0.717, 1.165) is 5.75 Å². The average Bonchev–Trinajstić information content (AvgIpc) is 2.05. The van der Waals surface area contributed by atoms with Crippen LogP contribution in [0.15, 0.2) is 24.3 Å². The molecule has 0 radical (unpaired) electrons. The van der Waals surface area contributed by atoms with Gasteiger partial charge in [0.05, 0.1) is 6.61 Å². The molecular formula is C9H14ClO2P. The molecule has 1 aromatic carbocycles. The third-order valence-corrected chi connectivity index (χ3v) is 2.08. The van der Waals surface area contributed by atoms with Gasteiger partial charge in [-0.1, -0.05) is 12.1 Å². The fourth-order valence-corrected chi connectivity index (χ4v) is 1.22. The van der Waals surface area contributed by atoms with Crippen LogP contribution in [0.5, 0.6) is 5.75 Å². The highest BCUT2D eigenvalue weighted by atomic mass is 35.5. The molecule has 1 unspecified atom stereocenters. The van der Waals surface area contributed by atoms with Crippen molar-refractivity contribution in [1.29, 1.82) is 0 Å². The van der Waals surface area contributed by atoms with Crippen molar-refractivity contribution >= 4 is 21.4 Å². The minimum absolute atomic E-state index is 0. The van der Waals surface area contributed by atoms with Gasteiger partial charge < -0.3 is 9.05 Å². The summed E-state index contributed by atoms with van der Waals surface area (Å²) in [5.41, 5.74) is 1.20. The fourth-order valence-electron chi connectivity index (χ4n) is 0.815. The van der Waals surface area contributed by atoms with Gasteiger partial charge in [0, 0.05) is 0 Å². The zero-order valence-electron chi connectivity index (χ0n) is 7.74. The maximum Gasteiger partial charge on any atom is 0.215 e. The lowest BCUT2D eigenvalue weighted by Crippen LogP contribution is -1.82. The molecule has 0 saturated heterocycles. The van der Waals surface area contributed by atoms with Crippen molar-refractivity contribution in [2.75, 3.05) is 6.61 Å². The molecule has 0 fully saturated rings. The van der Waals surface area contributed by atoms with E-state index >= 15 is 0 Å². The SMILES string of the molecule is CCOPOc1cccc(C)c1.Cl. The van der Waals surface area contributed by atoms with Gasteiger partial charge in [-0.15, -0.1) is 12.4 Å². The second kappa shape index (κ2) is 7.14. The van der Waals surface area contributed by atoms with Gasteiger partial charge in [0.15, 0.2) is 0 Å². The molecule has 2 nitrogen and oxygen atoms in total. The molecule has 0 aliphatic carbocycles. The highest BCUT2D eigenvalue weighted by Gasteiger charge is 1.92. The van der Waals surface area contributed by atoms with Crippen molar-refractivity contribution in [2.45, 2.75) is 13.8 Å². The Balaban J connectivity index is 0.00000144. The third kappa shape index (κ3) is 5.09. The first-order valence-corrected chi connectivity index (χ1v) is 4.75. The number of halogens is 1. The summed E-state index contributed by atoms with van der Waals surface area (Å²) in [4.78, 5) is 0. The Bertz CT molecular complexity index is 243. The first-order chi connectivity index (χ1) is 5.83. The molecule has 0 N–H and O–H groups in total. The topological polar surface area (TPSA) is 18.5 Å². The highest BCUT2D eigenvalue weighted by molar-refractivity contribution is 7.26. The molecular weight excluding hydrogens is 207 g/mol. The van der Waals surface area contributed by atoms with E-state index in [2.05, 4.69) is 0 Å². The lowest BCUT2D eigenvalue weighted by molar-refractivity contribution is 0.351. The van der Waals surface area contributed by atoms with Gasteiger partial charge in [0.2, 0.25) is 9.03 Å². The van der Waals surface area contributed by atoms with E-state index < -0.39 is 0 Å². The van der Waals surface area contributed by atoms with E-state index in [4.69, 9.17) is 9.05 Å². The number of benzene rings is 1. The normalized spacial score (nSPS) is 10.0. The molecule has 1 rings (SSSR count). The van der Waals surface area contributed by atoms with Crippen LogP contribution in [0.2, 0.25) is 0 Å². The number of hydrogen-bond donors (Lipinski definition) is 0. The van der Waals surface area contributed by atoms with Crippen molar-refractivity contribution in [3.05, 3.63) is 29.8 Å². The summed E-state index contributed by atoms with van der Waals surface area (Å²) in [7, 11) is 0.106. The van der Waals surface area contributed by atoms with Crippen LogP contribution in [0.25, 0.3) is 0 Å². The number of aryl methyl sites for hydroxylation is 1. The molecule has 13 heavy (non-hydrogen) atoms. The zero-order chi connectivity index (χ0) is 8.81. The molecule has 0 saturated carbocycles. The van der Waals surface area contributed by atoms with Crippen LogP contribution in [0.1, 0.15) is 12.5 Å². The first-order valence-electron chi connectivity index (χ1n) is 3.93. The minimum Gasteiger partial charge on any atom is -0.450 e. The second-order valence-corrected chi connectivity index (χ2v) is 3.09. The molecule has 0 heterocycles. The molecule has 4 heteroatoms. The van der Waals surface area contributed by atoms with E-state index in [1.54, 1.807) is 0 Å². The van der Waals surface area contributed by atoms with Crippen LogP contribution in [-0.4, -0.2) is 6.61 Å². The predicted molar refractivity (Wildman–Crippen MR) is 59.0 cm³/mol. The molecule has 0 spiro atoms. The Labute approximate surface area is 87.0 Å². The van der Waals surface area contributed by atoms with E-state index in [1.165, 1.54) is 5.56 Å². The summed E-state index contributed by atoms with van der Waals surface area (Å²) in [5.74, 6) is 0.877. The second-order valence-electron chi connectivity index (χ2n) is 2.43. The fraction of sp³-hybridized carbons (Fsp3) is 0.333. The number of rotatable bonds is 4. The monoisotopic (exact) mass is 220 g/mol. The lowest BCUT2D eigenvalue weighted by atomic mass is 10.2. The zero-order valence-corrected chi connectivity index (χ0v) is 9.56. The summed E-state index contributed by atoms with van der Waals surface area (Å²) in [6.45, 7) is 4.69.